The first-order valence-electron chi connectivity index (χ1n) is 6.07. The van der Waals surface area contributed by atoms with Gasteiger partial charge in [0.1, 0.15) is 11.4 Å². The summed E-state index contributed by atoms with van der Waals surface area (Å²) >= 11 is 0. The third-order valence-corrected chi connectivity index (χ3v) is 3.10. The van der Waals surface area contributed by atoms with Gasteiger partial charge >= 0.3 is 0 Å². The Kier molecular flexibility index (Phi) is 3.96. The predicted molar refractivity (Wildman–Crippen MR) is 69.0 cm³/mol. The second-order valence-corrected chi connectivity index (χ2v) is 4.49. The Morgan fingerprint density at radius 3 is 2.95 bits per heavy atom. The molecule has 1 fully saturated rings. The van der Waals surface area contributed by atoms with Crippen LogP contribution < -0.4 is 10.6 Å². The number of hydrogen-bond donors (Lipinski definition) is 3. The van der Waals surface area contributed by atoms with Crippen LogP contribution in [0.3, 0.4) is 0 Å². The molecule has 1 heterocycles. The van der Waals surface area contributed by atoms with Crippen LogP contribution in [0.5, 0.6) is 5.75 Å². The number of phenols is 1. The highest BCUT2D eigenvalue weighted by Crippen LogP contribution is 2.29. The number of carbonyl (C=O) groups excluding carboxylic acids is 1. The van der Waals surface area contributed by atoms with Gasteiger partial charge in [-0.15, -0.1) is 0 Å². The van der Waals surface area contributed by atoms with Crippen molar-refractivity contribution in [2.75, 3.05) is 18.4 Å². The van der Waals surface area contributed by atoms with Crippen LogP contribution >= 0.6 is 0 Å². The normalized spacial score (nSPS) is 18.8. The van der Waals surface area contributed by atoms with E-state index in [2.05, 4.69) is 10.6 Å². The van der Waals surface area contributed by atoms with Crippen molar-refractivity contribution >= 4 is 17.3 Å². The average Bonchev–Trinajstić information content (AvgIpc) is 2.41. The van der Waals surface area contributed by atoms with Gasteiger partial charge < -0.3 is 15.7 Å². The van der Waals surface area contributed by atoms with Crippen molar-refractivity contribution in [3.8, 4) is 5.75 Å². The van der Waals surface area contributed by atoms with Crippen LogP contribution in [0.4, 0.5) is 11.4 Å². The third-order valence-electron chi connectivity index (χ3n) is 3.10. The molecule has 2 rings (SSSR count). The van der Waals surface area contributed by atoms with Gasteiger partial charge in [-0.2, -0.15) is 0 Å². The van der Waals surface area contributed by atoms with Crippen molar-refractivity contribution in [2.45, 2.75) is 12.8 Å². The van der Waals surface area contributed by atoms with Crippen LogP contribution in [0.25, 0.3) is 0 Å². The zero-order valence-electron chi connectivity index (χ0n) is 10.3. The summed E-state index contributed by atoms with van der Waals surface area (Å²) in [6.45, 7) is 1.47. The second-order valence-electron chi connectivity index (χ2n) is 4.49. The van der Waals surface area contributed by atoms with Crippen molar-refractivity contribution in [3.05, 3.63) is 28.3 Å². The van der Waals surface area contributed by atoms with Gasteiger partial charge in [0.25, 0.3) is 5.69 Å². The van der Waals surface area contributed by atoms with Crippen LogP contribution in [0.15, 0.2) is 18.2 Å². The molecule has 3 N–H and O–H groups in total. The van der Waals surface area contributed by atoms with E-state index in [4.69, 9.17) is 0 Å². The average molecular weight is 265 g/mol. The minimum Gasteiger partial charge on any atom is -0.508 e. The molecule has 1 saturated heterocycles. The monoisotopic (exact) mass is 265 g/mol. The fourth-order valence-corrected chi connectivity index (χ4v) is 2.09. The molecule has 1 aromatic carbocycles. The first kappa shape index (κ1) is 13.3. The first-order valence-corrected chi connectivity index (χ1v) is 6.07. The molecule has 7 nitrogen and oxygen atoms in total. The third kappa shape index (κ3) is 3.19. The number of phenolic OH excluding ortho intramolecular Hbond substituents is 1. The summed E-state index contributed by atoms with van der Waals surface area (Å²) in [5.74, 6) is -0.618. The number of anilines is 1. The molecule has 102 valence electrons. The Bertz CT molecular complexity index is 498. The quantitative estimate of drug-likeness (QED) is 0.433. The standard InChI is InChI=1S/C12H15N3O4/c16-9-3-4-10(11(6-9)15(18)19)14-12(17)8-2-1-5-13-7-8/h3-4,6,8,13,16H,1-2,5,7H2,(H,14,17)/t8-/m1/s1. The van der Waals surface area contributed by atoms with E-state index >= 15 is 0 Å². The number of aromatic hydroxyl groups is 1. The van der Waals surface area contributed by atoms with E-state index in [1.54, 1.807) is 0 Å². The van der Waals surface area contributed by atoms with Crippen molar-refractivity contribution < 1.29 is 14.8 Å². The van der Waals surface area contributed by atoms with E-state index in [0.717, 1.165) is 25.5 Å². The maximum atomic E-state index is 12.0. The van der Waals surface area contributed by atoms with E-state index in [-0.39, 0.29) is 28.9 Å². The minimum absolute atomic E-state index is 0.110. The van der Waals surface area contributed by atoms with Gasteiger partial charge in [-0.1, -0.05) is 0 Å². The fourth-order valence-electron chi connectivity index (χ4n) is 2.09. The number of carbonyl (C=O) groups is 1. The summed E-state index contributed by atoms with van der Waals surface area (Å²) < 4.78 is 0. The molecular formula is C12H15N3O4. The highest BCUT2D eigenvalue weighted by molar-refractivity contribution is 5.95. The molecule has 7 heteroatoms. The molecule has 1 amide bonds. The van der Waals surface area contributed by atoms with Gasteiger partial charge in [-0.3, -0.25) is 14.9 Å². The van der Waals surface area contributed by atoms with Gasteiger partial charge in [0.15, 0.2) is 0 Å². The van der Waals surface area contributed by atoms with Crippen molar-refractivity contribution in [2.24, 2.45) is 5.92 Å². The highest BCUT2D eigenvalue weighted by atomic mass is 16.6. The smallest absolute Gasteiger partial charge is 0.296 e. The van der Waals surface area contributed by atoms with E-state index in [1.165, 1.54) is 12.1 Å². The van der Waals surface area contributed by atoms with Gasteiger partial charge in [0.2, 0.25) is 5.91 Å². The molecule has 0 radical (unpaired) electrons. The lowest BCUT2D eigenvalue weighted by Crippen LogP contribution is -2.37. The van der Waals surface area contributed by atoms with Gasteiger partial charge in [-0.25, -0.2) is 0 Å². The van der Waals surface area contributed by atoms with E-state index in [9.17, 15) is 20.0 Å². The van der Waals surface area contributed by atoms with E-state index in [1.807, 2.05) is 0 Å². The van der Waals surface area contributed by atoms with Crippen LogP contribution in [-0.2, 0) is 4.79 Å². The zero-order chi connectivity index (χ0) is 13.8. The molecule has 0 unspecified atom stereocenters. The molecular weight excluding hydrogens is 250 g/mol. The number of rotatable bonds is 3. The second kappa shape index (κ2) is 5.66. The maximum Gasteiger partial charge on any atom is 0.296 e. The van der Waals surface area contributed by atoms with Crippen molar-refractivity contribution in [1.29, 1.82) is 0 Å². The Morgan fingerprint density at radius 1 is 1.53 bits per heavy atom. The predicted octanol–water partition coefficient (Wildman–Crippen LogP) is 1.24. The molecule has 19 heavy (non-hydrogen) atoms. The Balaban J connectivity index is 2.13. The Hall–Kier alpha value is -2.15. The van der Waals surface area contributed by atoms with Gasteiger partial charge in [-0.05, 0) is 31.5 Å². The topological polar surface area (TPSA) is 104 Å². The molecule has 0 aromatic heterocycles. The lowest BCUT2D eigenvalue weighted by atomic mass is 9.99. The zero-order valence-corrected chi connectivity index (χ0v) is 10.3. The lowest BCUT2D eigenvalue weighted by molar-refractivity contribution is -0.384. The molecule has 0 saturated carbocycles. The molecule has 1 atom stereocenters. The van der Waals surface area contributed by atoms with Crippen LogP contribution in [0.1, 0.15) is 12.8 Å². The molecule has 1 aliphatic rings. The summed E-state index contributed by atoms with van der Waals surface area (Å²) in [6, 6.07) is 3.66. The fraction of sp³-hybridized carbons (Fsp3) is 0.417. The molecule has 0 bridgehead atoms. The number of nitro groups is 1. The largest absolute Gasteiger partial charge is 0.508 e. The molecule has 1 aliphatic heterocycles. The molecule has 1 aromatic rings. The van der Waals surface area contributed by atoms with Crippen LogP contribution in [0, 0.1) is 16.0 Å². The van der Waals surface area contributed by atoms with Crippen molar-refractivity contribution in [3.63, 3.8) is 0 Å². The number of nitro benzene ring substituents is 1. The number of nitrogens with zero attached hydrogens (tertiary/aromatic N) is 1. The molecule has 0 aliphatic carbocycles. The summed E-state index contributed by atoms with van der Waals surface area (Å²) in [7, 11) is 0. The van der Waals surface area contributed by atoms with Crippen LogP contribution in [-0.4, -0.2) is 29.0 Å². The highest BCUT2D eigenvalue weighted by Gasteiger charge is 2.23. The lowest BCUT2D eigenvalue weighted by Gasteiger charge is -2.21. The first-order chi connectivity index (χ1) is 9.08. The summed E-state index contributed by atoms with van der Waals surface area (Å²) in [6.07, 6.45) is 1.68. The Labute approximate surface area is 109 Å². The molecule has 0 spiro atoms. The maximum absolute atomic E-state index is 12.0. The number of nitrogens with one attached hydrogen (secondary N) is 2. The van der Waals surface area contributed by atoms with E-state index < -0.39 is 4.92 Å². The summed E-state index contributed by atoms with van der Waals surface area (Å²) in [5, 5.41) is 25.8. The number of piperidine rings is 1. The van der Waals surface area contributed by atoms with Gasteiger partial charge in [0.05, 0.1) is 16.9 Å². The SMILES string of the molecule is O=C(Nc1ccc(O)cc1[N+](=O)[O-])[C@@H]1CCCNC1. The number of hydrogen-bond acceptors (Lipinski definition) is 5. The van der Waals surface area contributed by atoms with Crippen LogP contribution in [0.2, 0.25) is 0 Å². The minimum atomic E-state index is -0.631. The van der Waals surface area contributed by atoms with Gasteiger partial charge in [0, 0.05) is 6.54 Å². The number of benzene rings is 1. The van der Waals surface area contributed by atoms with E-state index in [0.29, 0.717) is 6.54 Å². The van der Waals surface area contributed by atoms with Crippen molar-refractivity contribution in [1.82, 2.24) is 5.32 Å². The summed E-state index contributed by atoms with van der Waals surface area (Å²) in [5.41, 5.74) is -0.199. The number of amides is 1. The summed E-state index contributed by atoms with van der Waals surface area (Å²) in [4.78, 5) is 22.2. The Morgan fingerprint density at radius 2 is 2.32 bits per heavy atom.